The standard InChI is InChI=1S/C17H26O2/c1-5-10-18-17-9-7-14(11-15(17)12(2)3)6-8-16-13(4)19-16/h7,9,11-13,16H,5-6,8,10H2,1-4H3. The van der Waals surface area contributed by atoms with E-state index in [0.29, 0.717) is 18.1 Å². The second-order valence-corrected chi connectivity index (χ2v) is 5.79. The van der Waals surface area contributed by atoms with Crippen LogP contribution in [0.2, 0.25) is 0 Å². The fourth-order valence-corrected chi connectivity index (χ4v) is 2.39. The predicted octanol–water partition coefficient (Wildman–Crippen LogP) is 4.32. The lowest BCUT2D eigenvalue weighted by Gasteiger charge is -2.15. The van der Waals surface area contributed by atoms with Crippen molar-refractivity contribution < 1.29 is 9.47 Å². The smallest absolute Gasteiger partial charge is 0.122 e. The Labute approximate surface area is 117 Å². The zero-order valence-corrected chi connectivity index (χ0v) is 12.6. The van der Waals surface area contributed by atoms with Gasteiger partial charge in [-0.3, -0.25) is 0 Å². The van der Waals surface area contributed by atoms with Crippen LogP contribution in [0.15, 0.2) is 18.2 Å². The third-order valence-electron chi connectivity index (χ3n) is 3.71. The van der Waals surface area contributed by atoms with Gasteiger partial charge >= 0.3 is 0 Å². The number of aryl methyl sites for hydroxylation is 1. The molecule has 1 fully saturated rings. The summed E-state index contributed by atoms with van der Waals surface area (Å²) < 4.78 is 11.3. The zero-order chi connectivity index (χ0) is 13.8. The van der Waals surface area contributed by atoms with Crippen LogP contribution in [-0.2, 0) is 11.2 Å². The summed E-state index contributed by atoms with van der Waals surface area (Å²) in [5.41, 5.74) is 2.73. The van der Waals surface area contributed by atoms with E-state index >= 15 is 0 Å². The van der Waals surface area contributed by atoms with E-state index in [4.69, 9.17) is 9.47 Å². The molecule has 0 saturated carbocycles. The van der Waals surface area contributed by atoms with Crippen LogP contribution < -0.4 is 4.74 Å². The van der Waals surface area contributed by atoms with E-state index in [2.05, 4.69) is 45.9 Å². The van der Waals surface area contributed by atoms with Crippen LogP contribution in [0.4, 0.5) is 0 Å². The maximum atomic E-state index is 5.83. The Morgan fingerprint density at radius 1 is 1.32 bits per heavy atom. The maximum Gasteiger partial charge on any atom is 0.122 e. The molecule has 1 saturated heterocycles. The van der Waals surface area contributed by atoms with Crippen LogP contribution in [0.3, 0.4) is 0 Å². The Morgan fingerprint density at radius 2 is 2.05 bits per heavy atom. The molecule has 0 aromatic heterocycles. The van der Waals surface area contributed by atoms with Gasteiger partial charge < -0.3 is 9.47 Å². The van der Waals surface area contributed by atoms with E-state index in [1.165, 1.54) is 11.1 Å². The van der Waals surface area contributed by atoms with Crippen molar-refractivity contribution in [2.45, 2.75) is 65.1 Å². The van der Waals surface area contributed by atoms with Gasteiger partial charge in [0.1, 0.15) is 5.75 Å². The van der Waals surface area contributed by atoms with Gasteiger partial charge in [-0.25, -0.2) is 0 Å². The molecule has 1 aromatic rings. The Morgan fingerprint density at radius 3 is 2.63 bits per heavy atom. The first-order chi connectivity index (χ1) is 9.11. The van der Waals surface area contributed by atoms with E-state index in [9.17, 15) is 0 Å². The minimum Gasteiger partial charge on any atom is -0.493 e. The topological polar surface area (TPSA) is 21.8 Å². The number of benzene rings is 1. The third-order valence-corrected chi connectivity index (χ3v) is 3.71. The van der Waals surface area contributed by atoms with Crippen molar-refractivity contribution >= 4 is 0 Å². The summed E-state index contributed by atoms with van der Waals surface area (Å²) in [7, 11) is 0. The molecule has 0 bridgehead atoms. The van der Waals surface area contributed by atoms with Crippen molar-refractivity contribution in [3.05, 3.63) is 29.3 Å². The fraction of sp³-hybridized carbons (Fsp3) is 0.647. The molecule has 1 heterocycles. The van der Waals surface area contributed by atoms with Crippen LogP contribution in [0.25, 0.3) is 0 Å². The lowest BCUT2D eigenvalue weighted by atomic mass is 9.97. The molecular weight excluding hydrogens is 236 g/mol. The average Bonchev–Trinajstić information content (AvgIpc) is 3.10. The molecule has 0 aliphatic carbocycles. The highest BCUT2D eigenvalue weighted by molar-refractivity contribution is 5.39. The number of hydrogen-bond donors (Lipinski definition) is 0. The second-order valence-electron chi connectivity index (χ2n) is 5.79. The number of epoxide rings is 1. The predicted molar refractivity (Wildman–Crippen MR) is 79.0 cm³/mol. The van der Waals surface area contributed by atoms with E-state index in [1.54, 1.807) is 0 Å². The molecule has 0 N–H and O–H groups in total. The quantitative estimate of drug-likeness (QED) is 0.683. The summed E-state index contributed by atoms with van der Waals surface area (Å²) >= 11 is 0. The minimum absolute atomic E-state index is 0.469. The van der Waals surface area contributed by atoms with E-state index in [0.717, 1.165) is 31.6 Å². The summed E-state index contributed by atoms with van der Waals surface area (Å²) in [5.74, 6) is 1.56. The summed E-state index contributed by atoms with van der Waals surface area (Å²) in [4.78, 5) is 0. The highest BCUT2D eigenvalue weighted by Crippen LogP contribution is 2.30. The summed E-state index contributed by atoms with van der Waals surface area (Å²) in [6.45, 7) is 9.53. The van der Waals surface area contributed by atoms with Gasteiger partial charge in [0.2, 0.25) is 0 Å². The molecule has 2 unspecified atom stereocenters. The van der Waals surface area contributed by atoms with Gasteiger partial charge in [-0.15, -0.1) is 0 Å². The first kappa shape index (κ1) is 14.4. The van der Waals surface area contributed by atoms with Crippen LogP contribution in [-0.4, -0.2) is 18.8 Å². The van der Waals surface area contributed by atoms with Gasteiger partial charge in [-0.2, -0.15) is 0 Å². The first-order valence-corrected chi connectivity index (χ1v) is 7.53. The Bertz CT molecular complexity index is 412. The molecule has 1 aromatic carbocycles. The van der Waals surface area contributed by atoms with E-state index in [-0.39, 0.29) is 0 Å². The summed E-state index contributed by atoms with van der Waals surface area (Å²) in [5, 5.41) is 0. The highest BCUT2D eigenvalue weighted by Gasteiger charge is 2.33. The largest absolute Gasteiger partial charge is 0.493 e. The van der Waals surface area contributed by atoms with Crippen LogP contribution in [0.5, 0.6) is 5.75 Å². The molecule has 0 radical (unpaired) electrons. The monoisotopic (exact) mass is 262 g/mol. The van der Waals surface area contributed by atoms with Gasteiger partial charge in [0.15, 0.2) is 0 Å². The molecule has 2 nitrogen and oxygen atoms in total. The van der Waals surface area contributed by atoms with Gasteiger partial charge in [0.25, 0.3) is 0 Å². The highest BCUT2D eigenvalue weighted by atomic mass is 16.6. The molecular formula is C17H26O2. The first-order valence-electron chi connectivity index (χ1n) is 7.53. The van der Waals surface area contributed by atoms with Gasteiger partial charge in [0.05, 0.1) is 18.8 Å². The number of rotatable bonds is 7. The van der Waals surface area contributed by atoms with Crippen molar-refractivity contribution in [3.63, 3.8) is 0 Å². The normalized spacial score (nSPS) is 21.7. The average molecular weight is 262 g/mol. The minimum atomic E-state index is 0.469. The third kappa shape index (κ3) is 3.97. The van der Waals surface area contributed by atoms with Crippen molar-refractivity contribution in [1.29, 1.82) is 0 Å². The Hall–Kier alpha value is -1.02. The lowest BCUT2D eigenvalue weighted by Crippen LogP contribution is -2.02. The Kier molecular flexibility index (Phi) is 4.87. The molecule has 2 heteroatoms. The molecule has 1 aliphatic rings. The van der Waals surface area contributed by atoms with Crippen molar-refractivity contribution in [1.82, 2.24) is 0 Å². The molecule has 2 rings (SSSR count). The molecule has 106 valence electrons. The Balaban J connectivity index is 2.02. The molecule has 1 aliphatic heterocycles. The molecule has 0 spiro atoms. The molecule has 2 atom stereocenters. The van der Waals surface area contributed by atoms with Crippen LogP contribution in [0, 0.1) is 0 Å². The van der Waals surface area contributed by atoms with Gasteiger partial charge in [0, 0.05) is 0 Å². The fourth-order valence-electron chi connectivity index (χ4n) is 2.39. The summed E-state index contributed by atoms with van der Waals surface area (Å²) in [6, 6.07) is 6.64. The van der Waals surface area contributed by atoms with Crippen LogP contribution >= 0.6 is 0 Å². The SMILES string of the molecule is CCCOc1ccc(CCC2OC2C)cc1C(C)C. The lowest BCUT2D eigenvalue weighted by molar-refractivity contribution is 0.313. The van der Waals surface area contributed by atoms with Gasteiger partial charge in [-0.05, 0) is 49.3 Å². The van der Waals surface area contributed by atoms with Crippen molar-refractivity contribution in [2.24, 2.45) is 0 Å². The van der Waals surface area contributed by atoms with Crippen molar-refractivity contribution in [2.75, 3.05) is 6.61 Å². The molecule has 19 heavy (non-hydrogen) atoms. The number of hydrogen-bond acceptors (Lipinski definition) is 2. The van der Waals surface area contributed by atoms with E-state index in [1.807, 2.05) is 0 Å². The van der Waals surface area contributed by atoms with Crippen molar-refractivity contribution in [3.8, 4) is 5.75 Å². The summed E-state index contributed by atoms with van der Waals surface area (Å²) in [6.07, 6.45) is 4.24. The number of ether oxygens (including phenoxy) is 2. The van der Waals surface area contributed by atoms with Gasteiger partial charge in [-0.1, -0.05) is 32.9 Å². The van der Waals surface area contributed by atoms with Crippen LogP contribution in [0.1, 0.15) is 57.6 Å². The maximum absolute atomic E-state index is 5.83. The zero-order valence-electron chi connectivity index (χ0n) is 12.6. The molecule has 0 amide bonds. The van der Waals surface area contributed by atoms with E-state index < -0.39 is 0 Å². The second kappa shape index (κ2) is 6.42.